The molecular formula is C18H16ClN3O2. The Morgan fingerprint density at radius 2 is 1.96 bits per heavy atom. The normalized spacial score (nSPS) is 14.2. The van der Waals surface area contributed by atoms with Crippen LogP contribution in [-0.2, 0) is 13.1 Å². The van der Waals surface area contributed by atoms with E-state index in [-0.39, 0.29) is 11.6 Å². The molecule has 24 heavy (non-hydrogen) atoms. The van der Waals surface area contributed by atoms with Gasteiger partial charge in [0.2, 0.25) is 5.88 Å². The van der Waals surface area contributed by atoms with Crippen molar-refractivity contribution in [3.05, 3.63) is 51.4 Å². The maximum absolute atomic E-state index is 11.2. The zero-order valence-electron chi connectivity index (χ0n) is 13.1. The Morgan fingerprint density at radius 3 is 2.62 bits per heavy atom. The van der Waals surface area contributed by atoms with Crippen molar-refractivity contribution in [2.45, 2.75) is 20.0 Å². The second-order valence-corrected chi connectivity index (χ2v) is 6.46. The number of hydrogen-bond donors (Lipinski definition) is 2. The van der Waals surface area contributed by atoms with E-state index in [0.717, 1.165) is 41.8 Å². The van der Waals surface area contributed by atoms with Crippen molar-refractivity contribution in [1.82, 2.24) is 9.88 Å². The van der Waals surface area contributed by atoms with E-state index in [0.29, 0.717) is 10.4 Å². The molecule has 0 saturated carbocycles. The molecule has 3 aromatic rings. The van der Waals surface area contributed by atoms with Crippen LogP contribution in [0, 0.1) is 4.91 Å². The molecule has 0 amide bonds. The van der Waals surface area contributed by atoms with Crippen molar-refractivity contribution in [1.29, 1.82) is 0 Å². The highest BCUT2D eigenvalue weighted by Crippen LogP contribution is 2.44. The number of halogens is 1. The van der Waals surface area contributed by atoms with Gasteiger partial charge in [0.25, 0.3) is 0 Å². The summed E-state index contributed by atoms with van der Waals surface area (Å²) in [5.41, 5.74) is 5.28. The summed E-state index contributed by atoms with van der Waals surface area (Å²) in [5, 5.41) is 14.4. The number of benzene rings is 2. The highest BCUT2D eigenvalue weighted by Gasteiger charge is 2.27. The SMILES string of the molecule is CCN1Cc2c(-c3ccc(Cl)cc3)cc3c(N=O)c(O)[nH]c3c2C1. The fourth-order valence-corrected chi connectivity index (χ4v) is 3.60. The number of hydrogen-bond acceptors (Lipinski definition) is 4. The molecule has 0 fully saturated rings. The van der Waals surface area contributed by atoms with Gasteiger partial charge in [-0.05, 0) is 52.2 Å². The topological polar surface area (TPSA) is 68.7 Å². The predicted octanol–water partition coefficient (Wildman–Crippen LogP) is 4.93. The van der Waals surface area contributed by atoms with Crippen LogP contribution in [0.15, 0.2) is 35.5 Å². The minimum atomic E-state index is -0.176. The summed E-state index contributed by atoms with van der Waals surface area (Å²) in [5.74, 6) is -0.176. The van der Waals surface area contributed by atoms with Gasteiger partial charge < -0.3 is 10.1 Å². The van der Waals surface area contributed by atoms with Crippen molar-refractivity contribution in [2.75, 3.05) is 6.54 Å². The zero-order valence-corrected chi connectivity index (χ0v) is 13.9. The Balaban J connectivity index is 2.03. The highest BCUT2D eigenvalue weighted by atomic mass is 35.5. The molecule has 6 heteroatoms. The first kappa shape index (κ1) is 15.2. The minimum Gasteiger partial charge on any atom is -0.493 e. The minimum absolute atomic E-state index is 0.0676. The first-order valence-electron chi connectivity index (χ1n) is 7.83. The van der Waals surface area contributed by atoms with Crippen LogP contribution in [0.4, 0.5) is 5.69 Å². The highest BCUT2D eigenvalue weighted by molar-refractivity contribution is 6.30. The van der Waals surface area contributed by atoms with E-state index < -0.39 is 0 Å². The molecule has 0 atom stereocenters. The molecular weight excluding hydrogens is 326 g/mol. The van der Waals surface area contributed by atoms with E-state index in [1.165, 1.54) is 5.56 Å². The summed E-state index contributed by atoms with van der Waals surface area (Å²) in [6.45, 7) is 4.67. The van der Waals surface area contributed by atoms with Gasteiger partial charge in [-0.3, -0.25) is 4.90 Å². The molecule has 5 nitrogen and oxygen atoms in total. The van der Waals surface area contributed by atoms with Crippen molar-refractivity contribution >= 4 is 28.2 Å². The van der Waals surface area contributed by atoms with Crippen LogP contribution in [0.25, 0.3) is 22.0 Å². The second kappa shape index (κ2) is 5.61. The number of fused-ring (bicyclic) bond motifs is 3. The van der Waals surface area contributed by atoms with Gasteiger partial charge in [-0.25, -0.2) is 0 Å². The predicted molar refractivity (Wildman–Crippen MR) is 95.7 cm³/mol. The second-order valence-electron chi connectivity index (χ2n) is 6.03. The van der Waals surface area contributed by atoms with Gasteiger partial charge in [-0.1, -0.05) is 30.7 Å². The van der Waals surface area contributed by atoms with E-state index in [4.69, 9.17) is 11.6 Å². The molecule has 1 aliphatic rings. The number of nitrogens with zero attached hydrogens (tertiary/aromatic N) is 2. The van der Waals surface area contributed by atoms with Gasteiger partial charge in [-0.2, -0.15) is 0 Å². The molecule has 0 radical (unpaired) electrons. The van der Waals surface area contributed by atoms with E-state index in [1.54, 1.807) is 0 Å². The lowest BCUT2D eigenvalue weighted by Gasteiger charge is -2.11. The lowest BCUT2D eigenvalue weighted by Crippen LogP contribution is -2.14. The molecule has 1 aromatic heterocycles. The molecule has 0 unspecified atom stereocenters. The number of aromatic amines is 1. The maximum Gasteiger partial charge on any atom is 0.219 e. The third kappa shape index (κ3) is 2.20. The van der Waals surface area contributed by atoms with Crippen molar-refractivity contribution in [2.24, 2.45) is 5.18 Å². The Kier molecular flexibility index (Phi) is 3.55. The standard InChI is InChI=1S/C18H16ClN3O2/c1-2-22-8-14-12(10-3-5-11(19)6-4-10)7-13-16(15(14)9-22)20-18(23)17(13)21-24/h3-7,20,23H,2,8-9H2,1H3. The van der Waals surface area contributed by atoms with E-state index in [2.05, 4.69) is 22.0 Å². The third-order valence-corrected chi connectivity index (χ3v) is 4.98. The average molecular weight is 342 g/mol. The fraction of sp³-hybridized carbons (Fsp3) is 0.222. The van der Waals surface area contributed by atoms with Crippen LogP contribution >= 0.6 is 11.6 Å². The van der Waals surface area contributed by atoms with Crippen molar-refractivity contribution in [3.63, 3.8) is 0 Å². The molecule has 122 valence electrons. The number of rotatable bonds is 3. The molecule has 4 rings (SSSR count). The molecule has 2 aromatic carbocycles. The van der Waals surface area contributed by atoms with Crippen molar-refractivity contribution < 1.29 is 5.11 Å². The van der Waals surface area contributed by atoms with Crippen LogP contribution in [-0.4, -0.2) is 21.5 Å². The maximum atomic E-state index is 11.2. The first-order valence-corrected chi connectivity index (χ1v) is 8.21. The van der Waals surface area contributed by atoms with Gasteiger partial charge >= 0.3 is 0 Å². The summed E-state index contributed by atoms with van der Waals surface area (Å²) in [7, 11) is 0. The number of nitrogens with one attached hydrogen (secondary N) is 1. The Labute approximate surface area is 143 Å². The van der Waals surface area contributed by atoms with Crippen LogP contribution in [0.3, 0.4) is 0 Å². The van der Waals surface area contributed by atoms with E-state index >= 15 is 0 Å². The fourth-order valence-electron chi connectivity index (χ4n) is 3.48. The largest absolute Gasteiger partial charge is 0.493 e. The molecule has 1 aliphatic heterocycles. The molecule has 2 heterocycles. The summed E-state index contributed by atoms with van der Waals surface area (Å²) in [6.07, 6.45) is 0. The molecule has 2 N–H and O–H groups in total. The lowest BCUT2D eigenvalue weighted by atomic mass is 9.94. The Morgan fingerprint density at radius 1 is 1.25 bits per heavy atom. The van der Waals surface area contributed by atoms with Crippen LogP contribution in [0.2, 0.25) is 5.02 Å². The van der Waals surface area contributed by atoms with Gasteiger partial charge in [0.1, 0.15) is 0 Å². The van der Waals surface area contributed by atoms with Gasteiger partial charge in [0.05, 0.1) is 5.52 Å². The van der Waals surface area contributed by atoms with Crippen LogP contribution < -0.4 is 0 Å². The number of nitroso groups, excluding NO2 is 1. The van der Waals surface area contributed by atoms with Gasteiger partial charge in [0, 0.05) is 23.5 Å². The summed E-state index contributed by atoms with van der Waals surface area (Å²) < 4.78 is 0. The van der Waals surface area contributed by atoms with Gasteiger partial charge in [-0.15, -0.1) is 4.91 Å². The number of aromatic hydroxyl groups is 1. The molecule has 0 aliphatic carbocycles. The third-order valence-electron chi connectivity index (χ3n) is 4.73. The summed E-state index contributed by atoms with van der Waals surface area (Å²) >= 11 is 6.01. The van der Waals surface area contributed by atoms with E-state index in [9.17, 15) is 10.0 Å². The van der Waals surface area contributed by atoms with Crippen LogP contribution in [0.5, 0.6) is 5.88 Å². The lowest BCUT2D eigenvalue weighted by molar-refractivity contribution is 0.301. The average Bonchev–Trinajstić information content (AvgIpc) is 3.15. The van der Waals surface area contributed by atoms with Gasteiger partial charge in [0.15, 0.2) is 5.69 Å². The Hall–Kier alpha value is -2.37. The molecule has 0 spiro atoms. The Bertz CT molecular complexity index is 947. The van der Waals surface area contributed by atoms with E-state index in [1.807, 2.05) is 30.3 Å². The smallest absolute Gasteiger partial charge is 0.219 e. The molecule has 0 saturated heterocycles. The zero-order chi connectivity index (χ0) is 16.8. The first-order chi connectivity index (χ1) is 11.6. The number of aromatic nitrogens is 1. The number of H-pyrrole nitrogens is 1. The molecule has 0 bridgehead atoms. The summed E-state index contributed by atoms with van der Waals surface area (Å²) in [4.78, 5) is 16.4. The summed E-state index contributed by atoms with van der Waals surface area (Å²) in [6, 6.07) is 9.59. The monoisotopic (exact) mass is 341 g/mol. The van der Waals surface area contributed by atoms with Crippen LogP contribution in [0.1, 0.15) is 18.1 Å². The van der Waals surface area contributed by atoms with Crippen molar-refractivity contribution in [3.8, 4) is 17.0 Å². The quantitative estimate of drug-likeness (QED) is 0.664.